The van der Waals surface area contributed by atoms with Crippen LogP contribution in [0.2, 0.25) is 0 Å². The van der Waals surface area contributed by atoms with Gasteiger partial charge in [-0.1, -0.05) is 69.0 Å². The molecule has 3 aliphatic rings. The predicted octanol–water partition coefficient (Wildman–Crippen LogP) is 11.0. The zero-order chi connectivity index (χ0) is 25.6. The molecule has 2 saturated carbocycles. The fourth-order valence-corrected chi connectivity index (χ4v) is 7.67. The molecule has 0 heterocycles. The van der Waals surface area contributed by atoms with Crippen molar-refractivity contribution in [2.45, 2.75) is 115 Å². The monoisotopic (exact) mass is 504 g/mol. The lowest BCUT2D eigenvalue weighted by atomic mass is 9.70. The van der Waals surface area contributed by atoms with Gasteiger partial charge in [0.25, 0.3) is 0 Å². The maximum absolute atomic E-state index is 13.7. The van der Waals surface area contributed by atoms with Crippen LogP contribution in [0, 0.1) is 29.4 Å². The van der Waals surface area contributed by atoms with Gasteiger partial charge in [-0.05, 0) is 135 Å². The van der Waals surface area contributed by atoms with Crippen LogP contribution in [0.15, 0.2) is 48.5 Å². The number of unbranched alkanes of at least 4 members (excludes halogenated alkanes) is 2. The number of benzene rings is 2. The second-order valence-corrected chi connectivity index (χ2v) is 12.4. The number of hydrogen-bond donors (Lipinski definition) is 0. The highest BCUT2D eigenvalue weighted by molar-refractivity contribution is 5.66. The molecule has 1 unspecified atom stereocenters. The van der Waals surface area contributed by atoms with Crippen LogP contribution in [0.3, 0.4) is 0 Å². The van der Waals surface area contributed by atoms with Gasteiger partial charge in [0.1, 0.15) is 0 Å². The van der Waals surface area contributed by atoms with Crippen LogP contribution >= 0.6 is 0 Å². The third kappa shape index (κ3) is 6.73. The maximum Gasteiger partial charge on any atom is 0.159 e. The first-order valence-electron chi connectivity index (χ1n) is 15.3. The molecule has 0 nitrogen and oxygen atoms in total. The zero-order valence-corrected chi connectivity index (χ0v) is 22.9. The van der Waals surface area contributed by atoms with Crippen molar-refractivity contribution in [1.29, 1.82) is 0 Å². The largest absolute Gasteiger partial charge is 0.204 e. The van der Waals surface area contributed by atoms with E-state index in [4.69, 9.17) is 0 Å². The molecule has 0 bridgehead atoms. The zero-order valence-electron chi connectivity index (χ0n) is 22.9. The van der Waals surface area contributed by atoms with Crippen LogP contribution in [-0.2, 0) is 0 Å². The molecular formula is C35H46F2. The van der Waals surface area contributed by atoms with E-state index in [9.17, 15) is 8.78 Å². The van der Waals surface area contributed by atoms with E-state index in [1.807, 2.05) is 0 Å². The fraction of sp³-hybridized carbons (Fsp3) is 0.600. The Labute approximate surface area is 224 Å². The summed E-state index contributed by atoms with van der Waals surface area (Å²) in [5.74, 6) is 2.24. The molecule has 1 atom stereocenters. The molecule has 5 rings (SSSR count). The van der Waals surface area contributed by atoms with Gasteiger partial charge in [-0.2, -0.15) is 0 Å². The van der Waals surface area contributed by atoms with Crippen LogP contribution in [0.1, 0.15) is 132 Å². The molecule has 3 aliphatic carbocycles. The van der Waals surface area contributed by atoms with E-state index in [1.165, 1.54) is 107 Å². The lowest BCUT2D eigenvalue weighted by molar-refractivity contribution is 0.220. The van der Waals surface area contributed by atoms with Crippen molar-refractivity contribution in [3.05, 3.63) is 76.9 Å². The first kappa shape index (κ1) is 26.6. The molecule has 37 heavy (non-hydrogen) atoms. The Balaban J connectivity index is 1.09. The SMILES string of the molecule is CCCCCC1CCC(c2ccc(C3=CCC(C4CCC(c5ccc(F)c(F)c5)CC4)CC3)cc2)CC1. The minimum atomic E-state index is -0.739. The van der Waals surface area contributed by atoms with E-state index in [2.05, 4.69) is 37.3 Å². The average Bonchev–Trinajstić information content (AvgIpc) is 2.95. The molecule has 0 saturated heterocycles. The summed E-state index contributed by atoms with van der Waals surface area (Å²) in [6, 6.07) is 14.1. The second kappa shape index (κ2) is 12.7. The minimum Gasteiger partial charge on any atom is -0.204 e. The molecule has 0 aliphatic heterocycles. The van der Waals surface area contributed by atoms with Crippen LogP contribution in [0.5, 0.6) is 0 Å². The van der Waals surface area contributed by atoms with E-state index in [1.54, 1.807) is 11.6 Å². The summed E-state index contributed by atoms with van der Waals surface area (Å²) in [7, 11) is 0. The maximum atomic E-state index is 13.7. The van der Waals surface area contributed by atoms with E-state index in [0.29, 0.717) is 5.92 Å². The Morgan fingerprint density at radius 3 is 2.00 bits per heavy atom. The summed E-state index contributed by atoms with van der Waals surface area (Å²) in [4.78, 5) is 0. The van der Waals surface area contributed by atoms with Crippen molar-refractivity contribution >= 4 is 5.57 Å². The van der Waals surface area contributed by atoms with Gasteiger partial charge in [0.2, 0.25) is 0 Å². The van der Waals surface area contributed by atoms with Gasteiger partial charge >= 0.3 is 0 Å². The van der Waals surface area contributed by atoms with Gasteiger partial charge in [-0.3, -0.25) is 0 Å². The Hall–Kier alpha value is -1.96. The normalized spacial score (nSPS) is 28.6. The lowest BCUT2D eigenvalue weighted by Crippen LogP contribution is -2.22. The van der Waals surface area contributed by atoms with Crippen molar-refractivity contribution in [2.75, 3.05) is 0 Å². The highest BCUT2D eigenvalue weighted by Crippen LogP contribution is 2.44. The topological polar surface area (TPSA) is 0 Å². The molecule has 2 fully saturated rings. The van der Waals surface area contributed by atoms with Gasteiger partial charge in [0.05, 0.1) is 0 Å². The molecular weight excluding hydrogens is 458 g/mol. The number of rotatable bonds is 8. The molecule has 2 aromatic carbocycles. The van der Waals surface area contributed by atoms with Crippen molar-refractivity contribution in [3.63, 3.8) is 0 Å². The quantitative estimate of drug-likeness (QED) is 0.314. The van der Waals surface area contributed by atoms with Gasteiger partial charge < -0.3 is 0 Å². The molecule has 0 N–H and O–H groups in total. The first-order chi connectivity index (χ1) is 18.1. The molecule has 0 spiro atoms. The van der Waals surface area contributed by atoms with Gasteiger partial charge in [-0.15, -0.1) is 0 Å². The first-order valence-corrected chi connectivity index (χ1v) is 15.3. The summed E-state index contributed by atoms with van der Waals surface area (Å²) in [5.41, 5.74) is 5.50. The third-order valence-electron chi connectivity index (χ3n) is 10.1. The summed E-state index contributed by atoms with van der Waals surface area (Å²) in [6.07, 6.45) is 22.0. The molecule has 2 aromatic rings. The molecule has 0 amide bonds. The van der Waals surface area contributed by atoms with E-state index >= 15 is 0 Å². The van der Waals surface area contributed by atoms with E-state index in [-0.39, 0.29) is 0 Å². The lowest BCUT2D eigenvalue weighted by Gasteiger charge is -2.35. The van der Waals surface area contributed by atoms with Crippen molar-refractivity contribution < 1.29 is 8.78 Å². The summed E-state index contributed by atoms with van der Waals surface area (Å²) >= 11 is 0. The standard InChI is InChI=1S/C35H46F2/c1-2-3-4-5-25-6-8-26(9-7-25)27-10-12-28(13-11-27)29-14-16-30(17-15-29)31-18-20-32(21-19-31)33-22-23-34(36)35(37)24-33/h10-14,22-26,30-32H,2-9,15-21H2,1H3. The fourth-order valence-electron chi connectivity index (χ4n) is 7.67. The number of allylic oxidation sites excluding steroid dienone is 2. The van der Waals surface area contributed by atoms with Crippen LogP contribution in [0.25, 0.3) is 5.57 Å². The highest BCUT2D eigenvalue weighted by Gasteiger charge is 2.30. The van der Waals surface area contributed by atoms with E-state index in [0.717, 1.165) is 42.1 Å². The molecule has 200 valence electrons. The smallest absolute Gasteiger partial charge is 0.159 e. The molecule has 2 heteroatoms. The number of hydrogen-bond acceptors (Lipinski definition) is 0. The Morgan fingerprint density at radius 2 is 1.35 bits per heavy atom. The molecule has 0 radical (unpaired) electrons. The summed E-state index contributed by atoms with van der Waals surface area (Å²) in [5, 5.41) is 0. The Bertz CT molecular complexity index is 1020. The molecule has 0 aromatic heterocycles. The van der Waals surface area contributed by atoms with Crippen molar-refractivity contribution in [3.8, 4) is 0 Å². The van der Waals surface area contributed by atoms with Gasteiger partial charge in [0.15, 0.2) is 11.6 Å². The van der Waals surface area contributed by atoms with E-state index < -0.39 is 11.6 Å². The second-order valence-electron chi connectivity index (χ2n) is 12.4. The third-order valence-corrected chi connectivity index (χ3v) is 10.1. The highest BCUT2D eigenvalue weighted by atomic mass is 19.2. The average molecular weight is 505 g/mol. The predicted molar refractivity (Wildman–Crippen MR) is 152 cm³/mol. The van der Waals surface area contributed by atoms with Crippen LogP contribution in [-0.4, -0.2) is 0 Å². The van der Waals surface area contributed by atoms with Crippen molar-refractivity contribution in [1.82, 2.24) is 0 Å². The minimum absolute atomic E-state index is 0.385. The van der Waals surface area contributed by atoms with Gasteiger partial charge in [-0.25, -0.2) is 8.78 Å². The van der Waals surface area contributed by atoms with Crippen LogP contribution in [0.4, 0.5) is 8.78 Å². The summed E-state index contributed by atoms with van der Waals surface area (Å²) in [6.45, 7) is 2.30. The van der Waals surface area contributed by atoms with Crippen LogP contribution < -0.4 is 0 Å². The number of halogens is 2. The Morgan fingerprint density at radius 1 is 0.676 bits per heavy atom. The van der Waals surface area contributed by atoms with Crippen molar-refractivity contribution in [2.24, 2.45) is 17.8 Å². The van der Waals surface area contributed by atoms with Gasteiger partial charge in [0, 0.05) is 0 Å². The Kier molecular flexibility index (Phi) is 9.16. The summed E-state index contributed by atoms with van der Waals surface area (Å²) < 4.78 is 27.0.